The number of carbonyl (C=O) groups excluding carboxylic acids is 1. The number of hydrogen-bond acceptors (Lipinski definition) is 2. The fourth-order valence-electron chi connectivity index (χ4n) is 2.27. The van der Waals surface area contributed by atoms with Gasteiger partial charge in [0.1, 0.15) is 0 Å². The lowest BCUT2D eigenvalue weighted by molar-refractivity contribution is -0.124. The molecule has 0 bridgehead atoms. The molecule has 0 aliphatic rings. The second-order valence-corrected chi connectivity index (χ2v) is 5.80. The second kappa shape index (κ2) is 10.5. The molecule has 0 aliphatic heterocycles. The third-order valence-corrected chi connectivity index (χ3v) is 3.57. The molecular weight excluding hydrogens is 222 g/mol. The van der Waals surface area contributed by atoms with Gasteiger partial charge in [-0.2, -0.15) is 0 Å². The van der Waals surface area contributed by atoms with Gasteiger partial charge in [0.05, 0.1) is 5.54 Å². The van der Waals surface area contributed by atoms with Crippen molar-refractivity contribution in [3.05, 3.63) is 0 Å². The molecule has 0 atom stereocenters. The normalized spacial score (nSPS) is 11.8. The van der Waals surface area contributed by atoms with Gasteiger partial charge in [-0.15, -0.1) is 0 Å². The number of likely N-dealkylation sites (N-methyl/N-ethyl adjacent to an activating group) is 1. The average Bonchev–Trinajstić information content (AvgIpc) is 2.32. The minimum Gasteiger partial charge on any atom is -0.306 e. The number of unbranched alkanes of at least 4 members (excludes halogenated alkanes) is 7. The van der Waals surface area contributed by atoms with Crippen molar-refractivity contribution in [2.45, 2.75) is 91.0 Å². The topological polar surface area (TPSA) is 29.1 Å². The molecule has 0 saturated carbocycles. The lowest BCUT2D eigenvalue weighted by Crippen LogP contribution is -2.46. The molecule has 0 heterocycles. The van der Waals surface area contributed by atoms with Crippen LogP contribution in [0.1, 0.15) is 85.5 Å². The largest absolute Gasteiger partial charge is 0.306 e. The summed E-state index contributed by atoms with van der Waals surface area (Å²) < 4.78 is 0. The Hall–Kier alpha value is -0.370. The van der Waals surface area contributed by atoms with E-state index in [-0.39, 0.29) is 5.54 Å². The molecule has 2 heteroatoms. The lowest BCUT2D eigenvalue weighted by Gasteiger charge is -2.23. The molecule has 0 aromatic rings. The van der Waals surface area contributed by atoms with Crippen LogP contribution in [0.4, 0.5) is 0 Å². The Morgan fingerprint density at radius 2 is 1.39 bits per heavy atom. The second-order valence-electron chi connectivity index (χ2n) is 5.80. The molecule has 2 nitrogen and oxygen atoms in total. The van der Waals surface area contributed by atoms with Gasteiger partial charge in [-0.25, -0.2) is 0 Å². The molecule has 1 N–H and O–H groups in total. The van der Waals surface area contributed by atoms with E-state index in [1.165, 1.54) is 44.9 Å². The van der Waals surface area contributed by atoms with Crippen LogP contribution in [0.15, 0.2) is 0 Å². The van der Waals surface area contributed by atoms with Crippen molar-refractivity contribution in [1.82, 2.24) is 5.32 Å². The highest BCUT2D eigenvalue weighted by Gasteiger charge is 2.24. The SMILES string of the molecule is CCCCCCCCCCC(=O)C(C)(C)NCC. The summed E-state index contributed by atoms with van der Waals surface area (Å²) in [5, 5.41) is 3.25. The first kappa shape index (κ1) is 17.6. The van der Waals surface area contributed by atoms with Gasteiger partial charge in [-0.1, -0.05) is 58.8 Å². The van der Waals surface area contributed by atoms with Crippen LogP contribution in [-0.4, -0.2) is 17.9 Å². The summed E-state index contributed by atoms with van der Waals surface area (Å²) in [4.78, 5) is 12.0. The Morgan fingerprint density at radius 3 is 1.89 bits per heavy atom. The zero-order valence-corrected chi connectivity index (χ0v) is 13.0. The van der Waals surface area contributed by atoms with Crippen molar-refractivity contribution < 1.29 is 4.79 Å². The Balaban J connectivity index is 3.46. The molecule has 0 spiro atoms. The minimum atomic E-state index is -0.337. The van der Waals surface area contributed by atoms with E-state index >= 15 is 0 Å². The number of hydrogen-bond donors (Lipinski definition) is 1. The van der Waals surface area contributed by atoms with Crippen molar-refractivity contribution in [2.75, 3.05) is 6.54 Å². The van der Waals surface area contributed by atoms with Crippen LogP contribution in [0, 0.1) is 0 Å². The van der Waals surface area contributed by atoms with E-state index in [1.54, 1.807) is 0 Å². The van der Waals surface area contributed by atoms with Crippen molar-refractivity contribution in [3.8, 4) is 0 Å². The predicted octanol–water partition coefficient (Wildman–Crippen LogP) is 4.47. The highest BCUT2D eigenvalue weighted by atomic mass is 16.1. The van der Waals surface area contributed by atoms with Crippen LogP contribution in [0.25, 0.3) is 0 Å². The highest BCUT2D eigenvalue weighted by molar-refractivity contribution is 5.87. The maximum atomic E-state index is 12.0. The predicted molar refractivity (Wildman–Crippen MR) is 80.0 cm³/mol. The Morgan fingerprint density at radius 1 is 0.889 bits per heavy atom. The van der Waals surface area contributed by atoms with Crippen molar-refractivity contribution in [2.24, 2.45) is 0 Å². The van der Waals surface area contributed by atoms with Crippen LogP contribution in [0.3, 0.4) is 0 Å². The average molecular weight is 255 g/mol. The molecule has 0 radical (unpaired) electrons. The summed E-state index contributed by atoms with van der Waals surface area (Å²) in [5.41, 5.74) is -0.337. The first-order valence-electron chi connectivity index (χ1n) is 7.83. The molecule has 108 valence electrons. The smallest absolute Gasteiger partial charge is 0.152 e. The molecule has 0 unspecified atom stereocenters. The van der Waals surface area contributed by atoms with Crippen molar-refractivity contribution in [3.63, 3.8) is 0 Å². The van der Waals surface area contributed by atoms with Gasteiger partial charge in [-0.3, -0.25) is 4.79 Å². The van der Waals surface area contributed by atoms with Gasteiger partial charge in [0.15, 0.2) is 5.78 Å². The van der Waals surface area contributed by atoms with Crippen molar-refractivity contribution >= 4 is 5.78 Å². The molecule has 0 aromatic carbocycles. The summed E-state index contributed by atoms with van der Waals surface area (Å²) in [7, 11) is 0. The maximum Gasteiger partial charge on any atom is 0.152 e. The first-order chi connectivity index (χ1) is 8.54. The summed E-state index contributed by atoms with van der Waals surface area (Å²) >= 11 is 0. The quantitative estimate of drug-likeness (QED) is 0.521. The van der Waals surface area contributed by atoms with Gasteiger partial charge >= 0.3 is 0 Å². The van der Waals surface area contributed by atoms with E-state index in [9.17, 15) is 4.79 Å². The van der Waals surface area contributed by atoms with Crippen LogP contribution in [0.5, 0.6) is 0 Å². The number of carbonyl (C=O) groups is 1. The van der Waals surface area contributed by atoms with Crippen LogP contribution >= 0.6 is 0 Å². The van der Waals surface area contributed by atoms with E-state index in [2.05, 4.69) is 12.2 Å². The molecular formula is C16H33NO. The van der Waals surface area contributed by atoms with Crippen molar-refractivity contribution in [1.29, 1.82) is 0 Å². The van der Waals surface area contributed by atoms with Crippen LogP contribution in [-0.2, 0) is 4.79 Å². The van der Waals surface area contributed by atoms with E-state index < -0.39 is 0 Å². The van der Waals surface area contributed by atoms with Gasteiger partial charge in [0.2, 0.25) is 0 Å². The van der Waals surface area contributed by atoms with E-state index in [4.69, 9.17) is 0 Å². The van der Waals surface area contributed by atoms with Gasteiger partial charge in [0, 0.05) is 6.42 Å². The molecule has 0 aliphatic carbocycles. The number of ketones is 1. The fraction of sp³-hybridized carbons (Fsp3) is 0.938. The number of Topliss-reactive ketones (excluding diaryl/α,β-unsaturated/α-hetero) is 1. The minimum absolute atomic E-state index is 0.337. The monoisotopic (exact) mass is 255 g/mol. The van der Waals surface area contributed by atoms with E-state index in [0.717, 1.165) is 19.4 Å². The Bertz CT molecular complexity index is 211. The molecule has 0 saturated heterocycles. The highest BCUT2D eigenvalue weighted by Crippen LogP contribution is 2.13. The van der Waals surface area contributed by atoms with E-state index in [0.29, 0.717) is 5.78 Å². The molecule has 0 aromatic heterocycles. The first-order valence-corrected chi connectivity index (χ1v) is 7.83. The molecule has 0 fully saturated rings. The Kier molecular flexibility index (Phi) is 10.3. The summed E-state index contributed by atoms with van der Waals surface area (Å²) in [5.74, 6) is 0.357. The lowest BCUT2D eigenvalue weighted by atomic mass is 9.94. The standard InChI is InChI=1S/C16H33NO/c1-5-7-8-9-10-11-12-13-14-15(18)16(3,4)17-6-2/h17H,5-14H2,1-4H3. The van der Waals surface area contributed by atoms with Gasteiger partial charge in [-0.05, 0) is 26.8 Å². The zero-order valence-electron chi connectivity index (χ0n) is 13.0. The third kappa shape index (κ3) is 8.68. The summed E-state index contributed by atoms with van der Waals surface area (Å²) in [6.45, 7) is 9.13. The summed E-state index contributed by atoms with van der Waals surface area (Å²) in [6.07, 6.45) is 11.1. The zero-order chi connectivity index (χ0) is 13.9. The third-order valence-electron chi connectivity index (χ3n) is 3.57. The summed E-state index contributed by atoms with van der Waals surface area (Å²) in [6, 6.07) is 0. The fourth-order valence-corrected chi connectivity index (χ4v) is 2.27. The van der Waals surface area contributed by atoms with Crippen LogP contribution < -0.4 is 5.32 Å². The van der Waals surface area contributed by atoms with Crippen LogP contribution in [0.2, 0.25) is 0 Å². The maximum absolute atomic E-state index is 12.0. The number of rotatable bonds is 12. The van der Waals surface area contributed by atoms with Gasteiger partial charge in [0.25, 0.3) is 0 Å². The molecule has 18 heavy (non-hydrogen) atoms. The number of nitrogens with one attached hydrogen (secondary N) is 1. The van der Waals surface area contributed by atoms with E-state index in [1.807, 2.05) is 20.8 Å². The molecule has 0 amide bonds. The Labute approximate surface area is 114 Å². The molecule has 0 rings (SSSR count). The van der Waals surface area contributed by atoms with Gasteiger partial charge < -0.3 is 5.32 Å².